The maximum atomic E-state index is 13.6. The lowest BCUT2D eigenvalue weighted by atomic mass is 10.0. The molecule has 0 amide bonds. The molecule has 1 aliphatic heterocycles. The van der Waals surface area contributed by atoms with Crippen LogP contribution in [0.1, 0.15) is 12.0 Å². The molecule has 17 heavy (non-hydrogen) atoms. The Balaban J connectivity index is 2.37. The lowest BCUT2D eigenvalue weighted by Gasteiger charge is -2.04. The highest BCUT2D eigenvalue weighted by atomic mass is 35.5. The van der Waals surface area contributed by atoms with Crippen LogP contribution in [0.5, 0.6) is 0 Å². The summed E-state index contributed by atoms with van der Waals surface area (Å²) in [5, 5.41) is 11.8. The van der Waals surface area contributed by atoms with Crippen molar-refractivity contribution in [2.75, 3.05) is 0 Å². The Hall–Kier alpha value is -1.69. The fourth-order valence-corrected chi connectivity index (χ4v) is 1.61. The molecule has 4 nitrogen and oxygen atoms in total. The number of nitrogens with zero attached hydrogens (tertiary/aromatic N) is 1. The predicted molar refractivity (Wildman–Crippen MR) is 55.0 cm³/mol. The topological polar surface area (TPSA) is 58.9 Å². The Morgan fingerprint density at radius 3 is 2.82 bits per heavy atom. The van der Waals surface area contributed by atoms with E-state index < -0.39 is 29.3 Å². The fraction of sp³-hybridized carbons (Fsp3) is 0.200. The zero-order chi connectivity index (χ0) is 12.6. The molecule has 0 fully saturated rings. The number of carbonyl (C=O) groups is 1. The molecule has 0 radical (unpaired) electrons. The molecule has 2 rings (SSSR count). The number of halogens is 3. The molecule has 1 N–H and O–H groups in total. The average molecular weight is 262 g/mol. The number of oxime groups is 1. The van der Waals surface area contributed by atoms with E-state index in [9.17, 15) is 13.6 Å². The highest BCUT2D eigenvalue weighted by molar-refractivity contribution is 6.31. The summed E-state index contributed by atoms with van der Waals surface area (Å²) < 4.78 is 27.0. The number of aliphatic carboxylic acids is 1. The van der Waals surface area contributed by atoms with Crippen molar-refractivity contribution >= 4 is 23.3 Å². The number of hydrogen-bond donors (Lipinski definition) is 1. The second-order valence-electron chi connectivity index (χ2n) is 3.39. The molecule has 1 aliphatic rings. The predicted octanol–water partition coefficient (Wildman–Crippen LogP) is 2.20. The highest BCUT2D eigenvalue weighted by Gasteiger charge is 2.31. The van der Waals surface area contributed by atoms with Gasteiger partial charge in [-0.2, -0.15) is 0 Å². The second kappa shape index (κ2) is 4.29. The van der Waals surface area contributed by atoms with Gasteiger partial charge in [-0.3, -0.25) is 0 Å². The molecule has 1 unspecified atom stereocenters. The molecular weight excluding hydrogens is 256 g/mol. The monoisotopic (exact) mass is 261 g/mol. The number of carboxylic acids is 1. The summed E-state index contributed by atoms with van der Waals surface area (Å²) in [5.41, 5.74) is -0.545. The van der Waals surface area contributed by atoms with Gasteiger partial charge in [-0.05, 0) is 12.1 Å². The van der Waals surface area contributed by atoms with E-state index in [0.717, 1.165) is 12.1 Å². The van der Waals surface area contributed by atoms with E-state index >= 15 is 0 Å². The van der Waals surface area contributed by atoms with Crippen molar-refractivity contribution in [1.82, 2.24) is 0 Å². The first-order chi connectivity index (χ1) is 8.00. The zero-order valence-corrected chi connectivity index (χ0v) is 9.04. The zero-order valence-electron chi connectivity index (χ0n) is 8.28. The van der Waals surface area contributed by atoms with Crippen LogP contribution in [0.2, 0.25) is 5.02 Å². The summed E-state index contributed by atoms with van der Waals surface area (Å²) in [4.78, 5) is 15.1. The van der Waals surface area contributed by atoms with Crippen molar-refractivity contribution in [3.05, 3.63) is 34.4 Å². The Kier molecular flexibility index (Phi) is 2.97. The molecule has 0 bridgehead atoms. The molecule has 0 spiro atoms. The van der Waals surface area contributed by atoms with E-state index in [1.165, 1.54) is 0 Å². The normalized spacial score (nSPS) is 18.8. The summed E-state index contributed by atoms with van der Waals surface area (Å²) >= 11 is 5.51. The van der Waals surface area contributed by atoms with E-state index in [4.69, 9.17) is 16.7 Å². The minimum Gasteiger partial charge on any atom is -0.478 e. The Bertz CT molecular complexity index is 519. The van der Waals surface area contributed by atoms with Gasteiger partial charge in [0.25, 0.3) is 0 Å². The first-order valence-electron chi connectivity index (χ1n) is 4.60. The van der Waals surface area contributed by atoms with Crippen molar-refractivity contribution in [2.24, 2.45) is 5.16 Å². The minimum absolute atomic E-state index is 0.102. The highest BCUT2D eigenvalue weighted by Crippen LogP contribution is 2.26. The van der Waals surface area contributed by atoms with E-state index in [1.54, 1.807) is 0 Å². The van der Waals surface area contributed by atoms with E-state index in [-0.39, 0.29) is 17.2 Å². The van der Waals surface area contributed by atoms with Crippen LogP contribution in [0.4, 0.5) is 8.78 Å². The third-order valence-corrected chi connectivity index (χ3v) is 2.57. The molecule has 1 atom stereocenters. The summed E-state index contributed by atoms with van der Waals surface area (Å²) in [6, 6.07) is 2.05. The van der Waals surface area contributed by atoms with Gasteiger partial charge in [-0.15, -0.1) is 0 Å². The molecule has 1 aromatic rings. The molecule has 1 heterocycles. The number of benzene rings is 1. The van der Waals surface area contributed by atoms with Gasteiger partial charge in [0.1, 0.15) is 5.82 Å². The molecular formula is C10H6ClF2NO3. The maximum Gasteiger partial charge on any atom is 0.348 e. The Morgan fingerprint density at radius 2 is 2.24 bits per heavy atom. The summed E-state index contributed by atoms with van der Waals surface area (Å²) in [6.07, 6.45) is -1.42. The van der Waals surface area contributed by atoms with Crippen LogP contribution in [0.3, 0.4) is 0 Å². The minimum atomic E-state index is -1.24. The Morgan fingerprint density at radius 1 is 1.53 bits per heavy atom. The largest absolute Gasteiger partial charge is 0.478 e. The molecule has 0 aromatic heterocycles. The summed E-state index contributed by atoms with van der Waals surface area (Å²) in [6.45, 7) is 0. The van der Waals surface area contributed by atoms with Crippen LogP contribution in [0.15, 0.2) is 17.3 Å². The fourth-order valence-electron chi connectivity index (χ4n) is 1.45. The van der Waals surface area contributed by atoms with Gasteiger partial charge in [-0.25, -0.2) is 13.6 Å². The van der Waals surface area contributed by atoms with Crippen molar-refractivity contribution in [2.45, 2.75) is 12.5 Å². The third-order valence-electron chi connectivity index (χ3n) is 2.28. The SMILES string of the molecule is O=C(O)C1CC(c2c(F)ccc(Cl)c2F)=NO1. The van der Waals surface area contributed by atoms with E-state index in [0.29, 0.717) is 0 Å². The van der Waals surface area contributed by atoms with Crippen molar-refractivity contribution in [1.29, 1.82) is 0 Å². The van der Waals surface area contributed by atoms with Gasteiger partial charge < -0.3 is 9.94 Å². The van der Waals surface area contributed by atoms with Gasteiger partial charge in [0.15, 0.2) is 5.82 Å². The molecule has 7 heteroatoms. The maximum absolute atomic E-state index is 13.6. The van der Waals surface area contributed by atoms with Crippen LogP contribution in [-0.4, -0.2) is 22.9 Å². The first kappa shape index (κ1) is 11.8. The molecule has 1 aromatic carbocycles. The Labute approximate surface area is 99.4 Å². The van der Waals surface area contributed by atoms with E-state index in [1.807, 2.05) is 0 Å². The van der Waals surface area contributed by atoms with Crippen molar-refractivity contribution < 1.29 is 23.5 Å². The van der Waals surface area contributed by atoms with Crippen LogP contribution < -0.4 is 0 Å². The van der Waals surface area contributed by atoms with Crippen molar-refractivity contribution in [3.8, 4) is 0 Å². The van der Waals surface area contributed by atoms with Crippen LogP contribution in [-0.2, 0) is 9.63 Å². The molecule has 90 valence electrons. The number of rotatable bonds is 2. The molecule has 0 aliphatic carbocycles. The summed E-state index contributed by atoms with van der Waals surface area (Å²) in [5.74, 6) is -3.08. The number of hydrogen-bond acceptors (Lipinski definition) is 3. The van der Waals surface area contributed by atoms with Gasteiger partial charge in [0, 0.05) is 6.42 Å². The van der Waals surface area contributed by atoms with Gasteiger partial charge in [-0.1, -0.05) is 16.8 Å². The number of carboxylic acid groups (broad SMARTS) is 1. The van der Waals surface area contributed by atoms with Crippen LogP contribution in [0.25, 0.3) is 0 Å². The third kappa shape index (κ3) is 2.08. The van der Waals surface area contributed by atoms with Gasteiger partial charge in [0.05, 0.1) is 16.3 Å². The quantitative estimate of drug-likeness (QED) is 0.830. The lowest BCUT2D eigenvalue weighted by molar-refractivity contribution is -0.148. The second-order valence-corrected chi connectivity index (χ2v) is 3.80. The standard InChI is InChI=1S/C10H6ClF2NO3/c11-4-1-2-5(12)8(9(4)13)6-3-7(10(15)16)17-14-6/h1-2,7H,3H2,(H,15,16). The van der Waals surface area contributed by atoms with Crippen molar-refractivity contribution in [3.63, 3.8) is 0 Å². The van der Waals surface area contributed by atoms with E-state index in [2.05, 4.69) is 9.99 Å². The molecule has 0 saturated carbocycles. The molecule has 0 saturated heterocycles. The lowest BCUT2D eigenvalue weighted by Crippen LogP contribution is -2.20. The van der Waals surface area contributed by atoms with Gasteiger partial charge in [0.2, 0.25) is 6.10 Å². The smallest absolute Gasteiger partial charge is 0.348 e. The average Bonchev–Trinajstić information content (AvgIpc) is 2.73. The first-order valence-corrected chi connectivity index (χ1v) is 4.98. The van der Waals surface area contributed by atoms with Crippen LogP contribution >= 0.6 is 11.6 Å². The summed E-state index contributed by atoms with van der Waals surface area (Å²) in [7, 11) is 0. The van der Waals surface area contributed by atoms with Crippen LogP contribution in [0, 0.1) is 11.6 Å². The van der Waals surface area contributed by atoms with Gasteiger partial charge >= 0.3 is 5.97 Å².